The number of fused-ring (bicyclic) bond motifs is 2. The van der Waals surface area contributed by atoms with Gasteiger partial charge in [-0.15, -0.1) is 0 Å². The van der Waals surface area contributed by atoms with Gasteiger partial charge in [0, 0.05) is 11.8 Å². The van der Waals surface area contributed by atoms with Gasteiger partial charge in [-0.1, -0.05) is 0 Å². The number of hydrogen-bond acceptors (Lipinski definition) is 4. The van der Waals surface area contributed by atoms with Gasteiger partial charge in [-0.25, -0.2) is 0 Å². The van der Waals surface area contributed by atoms with Gasteiger partial charge < -0.3 is 10.1 Å². The van der Waals surface area contributed by atoms with Gasteiger partial charge in [0.05, 0.1) is 19.1 Å². The Balaban J connectivity index is 2.21. The summed E-state index contributed by atoms with van der Waals surface area (Å²) in [6.07, 6.45) is 6.49. The Bertz CT molecular complexity index is 458. The molecule has 0 aliphatic carbocycles. The van der Waals surface area contributed by atoms with Crippen molar-refractivity contribution in [3.8, 4) is 5.75 Å². The largest absolute Gasteiger partial charge is 0.463 e. The van der Waals surface area contributed by atoms with E-state index < -0.39 is 5.54 Å². The molecule has 3 rings (SSSR count). The summed E-state index contributed by atoms with van der Waals surface area (Å²) in [5.74, 6) is 0.555. The molecule has 1 aromatic heterocycles. The van der Waals surface area contributed by atoms with Crippen molar-refractivity contribution in [2.75, 3.05) is 6.67 Å². The molecule has 0 aromatic carbocycles. The van der Waals surface area contributed by atoms with Crippen LogP contribution in [0, 0.1) is 0 Å². The lowest BCUT2D eigenvalue weighted by Crippen LogP contribution is -2.43. The van der Waals surface area contributed by atoms with Crippen molar-refractivity contribution in [2.24, 2.45) is 0 Å². The normalized spacial score (nSPS) is 27.3. The lowest BCUT2D eigenvalue weighted by Gasteiger charge is -2.27. The first-order valence-electron chi connectivity index (χ1n) is 4.65. The summed E-state index contributed by atoms with van der Waals surface area (Å²) < 4.78 is 5.30. The molecule has 1 unspecified atom stereocenters. The molecule has 1 spiro atoms. The Kier molecular flexibility index (Phi) is 1.58. The summed E-state index contributed by atoms with van der Waals surface area (Å²) in [5, 5.41) is 5.87. The molecular formula is C10H9N3O2. The fourth-order valence-corrected chi connectivity index (χ4v) is 1.93. The maximum Gasteiger partial charge on any atom is 0.250 e. The highest BCUT2D eigenvalue weighted by molar-refractivity contribution is 5.92. The van der Waals surface area contributed by atoms with E-state index in [1.807, 2.05) is 0 Å². The zero-order chi connectivity index (χ0) is 10.3. The van der Waals surface area contributed by atoms with Crippen LogP contribution in [0.15, 0.2) is 30.8 Å². The Hall–Kier alpha value is -1.88. The second kappa shape index (κ2) is 2.80. The number of carbonyl (C=O) groups is 1. The Morgan fingerprint density at radius 1 is 1.53 bits per heavy atom. The lowest BCUT2D eigenvalue weighted by atomic mass is 9.89. The summed E-state index contributed by atoms with van der Waals surface area (Å²) in [5.41, 5.74) is 0.0197. The number of pyridine rings is 1. The average Bonchev–Trinajstić information content (AvgIpc) is 2.62. The first-order valence-corrected chi connectivity index (χ1v) is 4.65. The Labute approximate surface area is 86.1 Å². The molecule has 1 saturated heterocycles. The molecular weight excluding hydrogens is 194 g/mol. The third kappa shape index (κ3) is 1.01. The number of ether oxygens (including phenoxy) is 1. The fourth-order valence-electron chi connectivity index (χ4n) is 1.93. The average molecular weight is 203 g/mol. The molecule has 0 saturated carbocycles. The predicted molar refractivity (Wildman–Crippen MR) is 51.8 cm³/mol. The standard InChI is InChI=1S/C10H9N3O2/c14-9-10(13-6-12-9)2-4-15-8-5-11-3-1-7(8)10/h1-5,13H,6H2,(H,12,14). The minimum Gasteiger partial charge on any atom is -0.463 e. The molecule has 0 bridgehead atoms. The highest BCUT2D eigenvalue weighted by Crippen LogP contribution is 2.35. The van der Waals surface area contributed by atoms with Crippen molar-refractivity contribution in [3.63, 3.8) is 0 Å². The van der Waals surface area contributed by atoms with Crippen molar-refractivity contribution in [2.45, 2.75) is 5.54 Å². The number of carbonyl (C=O) groups excluding carboxylic acids is 1. The van der Waals surface area contributed by atoms with Gasteiger partial charge in [0.25, 0.3) is 0 Å². The van der Waals surface area contributed by atoms with E-state index in [9.17, 15) is 4.79 Å². The van der Waals surface area contributed by atoms with Crippen LogP contribution in [0.2, 0.25) is 0 Å². The fraction of sp³-hybridized carbons (Fsp3) is 0.200. The van der Waals surface area contributed by atoms with Gasteiger partial charge in [-0.2, -0.15) is 0 Å². The third-order valence-electron chi connectivity index (χ3n) is 2.70. The van der Waals surface area contributed by atoms with Crippen LogP contribution in [-0.2, 0) is 10.3 Å². The number of aromatic nitrogens is 1. The van der Waals surface area contributed by atoms with Crippen LogP contribution in [0.1, 0.15) is 5.56 Å². The molecule has 76 valence electrons. The highest BCUT2D eigenvalue weighted by atomic mass is 16.5. The zero-order valence-electron chi connectivity index (χ0n) is 7.86. The zero-order valence-corrected chi connectivity index (χ0v) is 7.86. The van der Waals surface area contributed by atoms with E-state index in [0.29, 0.717) is 12.4 Å². The highest BCUT2D eigenvalue weighted by Gasteiger charge is 2.45. The molecule has 1 fully saturated rings. The molecule has 15 heavy (non-hydrogen) atoms. The molecule has 1 atom stereocenters. The third-order valence-corrected chi connectivity index (χ3v) is 2.70. The summed E-state index contributed by atoms with van der Waals surface area (Å²) in [6, 6.07) is 1.79. The number of nitrogens with zero attached hydrogens (tertiary/aromatic N) is 1. The van der Waals surface area contributed by atoms with Crippen molar-refractivity contribution in [1.82, 2.24) is 15.6 Å². The molecule has 1 amide bonds. The Morgan fingerprint density at radius 2 is 2.47 bits per heavy atom. The summed E-state index contributed by atoms with van der Waals surface area (Å²) in [7, 11) is 0. The van der Waals surface area contributed by atoms with Crippen LogP contribution in [-0.4, -0.2) is 17.6 Å². The van der Waals surface area contributed by atoms with Crippen molar-refractivity contribution >= 4 is 5.91 Å². The van der Waals surface area contributed by atoms with Crippen LogP contribution < -0.4 is 15.4 Å². The van der Waals surface area contributed by atoms with Crippen molar-refractivity contribution in [1.29, 1.82) is 0 Å². The van der Waals surface area contributed by atoms with Gasteiger partial charge in [0.1, 0.15) is 0 Å². The molecule has 5 heteroatoms. The van der Waals surface area contributed by atoms with Crippen molar-refractivity contribution < 1.29 is 9.53 Å². The van der Waals surface area contributed by atoms with E-state index in [-0.39, 0.29) is 5.91 Å². The smallest absolute Gasteiger partial charge is 0.250 e. The van der Waals surface area contributed by atoms with Gasteiger partial charge in [0.15, 0.2) is 11.3 Å². The SMILES string of the molecule is O=C1NCNC12C=COc1cnccc12. The minimum atomic E-state index is -0.781. The van der Waals surface area contributed by atoms with E-state index in [1.54, 1.807) is 24.5 Å². The van der Waals surface area contributed by atoms with E-state index in [2.05, 4.69) is 15.6 Å². The summed E-state index contributed by atoms with van der Waals surface area (Å²) >= 11 is 0. The summed E-state index contributed by atoms with van der Waals surface area (Å²) in [4.78, 5) is 15.8. The minimum absolute atomic E-state index is 0.0606. The topological polar surface area (TPSA) is 63.2 Å². The maximum atomic E-state index is 11.8. The van der Waals surface area contributed by atoms with Crippen LogP contribution in [0.25, 0.3) is 0 Å². The predicted octanol–water partition coefficient (Wildman–Crippen LogP) is -0.140. The molecule has 3 heterocycles. The number of rotatable bonds is 0. The number of amides is 1. The molecule has 2 N–H and O–H groups in total. The first-order chi connectivity index (χ1) is 7.33. The second-order valence-corrected chi connectivity index (χ2v) is 3.46. The van der Waals surface area contributed by atoms with Crippen LogP contribution in [0.5, 0.6) is 5.75 Å². The number of nitrogens with one attached hydrogen (secondary N) is 2. The van der Waals surface area contributed by atoms with E-state index >= 15 is 0 Å². The summed E-state index contributed by atoms with van der Waals surface area (Å²) in [6.45, 7) is 0.463. The van der Waals surface area contributed by atoms with Crippen LogP contribution in [0.4, 0.5) is 0 Å². The quantitative estimate of drug-likeness (QED) is 0.616. The molecule has 2 aliphatic rings. The van der Waals surface area contributed by atoms with Crippen LogP contribution in [0.3, 0.4) is 0 Å². The maximum absolute atomic E-state index is 11.8. The second-order valence-electron chi connectivity index (χ2n) is 3.46. The molecule has 2 aliphatic heterocycles. The molecule has 0 radical (unpaired) electrons. The molecule has 5 nitrogen and oxygen atoms in total. The van der Waals surface area contributed by atoms with Gasteiger partial charge in [0.2, 0.25) is 5.91 Å². The van der Waals surface area contributed by atoms with Gasteiger partial charge >= 0.3 is 0 Å². The van der Waals surface area contributed by atoms with E-state index in [1.165, 1.54) is 6.26 Å². The van der Waals surface area contributed by atoms with E-state index in [4.69, 9.17) is 4.74 Å². The monoisotopic (exact) mass is 203 g/mol. The van der Waals surface area contributed by atoms with Crippen LogP contribution >= 0.6 is 0 Å². The molecule has 1 aromatic rings. The number of hydrogen-bond donors (Lipinski definition) is 2. The van der Waals surface area contributed by atoms with Gasteiger partial charge in [-0.3, -0.25) is 15.1 Å². The lowest BCUT2D eigenvalue weighted by molar-refractivity contribution is -0.123. The van der Waals surface area contributed by atoms with Crippen molar-refractivity contribution in [3.05, 3.63) is 36.4 Å². The van der Waals surface area contributed by atoms with E-state index in [0.717, 1.165) is 5.56 Å². The first kappa shape index (κ1) is 8.43. The Morgan fingerprint density at radius 3 is 3.27 bits per heavy atom. The van der Waals surface area contributed by atoms with Gasteiger partial charge in [-0.05, 0) is 12.1 Å².